The Morgan fingerprint density at radius 2 is 1.74 bits per heavy atom. The minimum Gasteiger partial charge on any atom is -0.241 e. The van der Waals surface area contributed by atoms with Crippen molar-refractivity contribution in [2.75, 3.05) is 0 Å². The third-order valence-electron chi connectivity index (χ3n) is 3.50. The number of aromatic nitrogens is 3. The van der Waals surface area contributed by atoms with Gasteiger partial charge in [0.2, 0.25) is 0 Å². The van der Waals surface area contributed by atoms with Gasteiger partial charge in [0.15, 0.2) is 11.6 Å². The Bertz CT molecular complexity index is 729. The fourth-order valence-corrected chi connectivity index (χ4v) is 2.59. The molecular formula is C16H13N3. The topological polar surface area (TPSA) is 30.7 Å². The van der Waals surface area contributed by atoms with Crippen LogP contribution >= 0.6 is 0 Å². The number of fused-ring (bicyclic) bond motifs is 3. The molecule has 0 unspecified atom stereocenters. The molecule has 0 fully saturated rings. The van der Waals surface area contributed by atoms with Crippen molar-refractivity contribution in [3.8, 4) is 11.4 Å². The zero-order chi connectivity index (χ0) is 12.7. The van der Waals surface area contributed by atoms with E-state index in [9.17, 15) is 0 Å². The van der Waals surface area contributed by atoms with Crippen LogP contribution in [0.2, 0.25) is 0 Å². The number of nitrogens with zero attached hydrogens (tertiary/aromatic N) is 3. The molecular weight excluding hydrogens is 234 g/mol. The number of hydrogen-bond acceptors (Lipinski definition) is 2. The van der Waals surface area contributed by atoms with E-state index in [0.29, 0.717) is 0 Å². The summed E-state index contributed by atoms with van der Waals surface area (Å²) >= 11 is 0. The normalized spacial score (nSPS) is 12.2. The lowest BCUT2D eigenvalue weighted by atomic mass is 10.1. The van der Waals surface area contributed by atoms with Crippen molar-refractivity contribution in [3.05, 3.63) is 71.5 Å². The van der Waals surface area contributed by atoms with Crippen molar-refractivity contribution in [2.45, 2.75) is 13.0 Å². The molecule has 1 aliphatic heterocycles. The molecule has 2 aromatic carbocycles. The molecule has 3 aromatic rings. The van der Waals surface area contributed by atoms with Crippen LogP contribution in [0.4, 0.5) is 0 Å². The van der Waals surface area contributed by atoms with Gasteiger partial charge in [-0.2, -0.15) is 5.10 Å². The average molecular weight is 247 g/mol. The van der Waals surface area contributed by atoms with Crippen molar-refractivity contribution in [3.63, 3.8) is 0 Å². The van der Waals surface area contributed by atoms with Crippen molar-refractivity contribution in [1.29, 1.82) is 0 Å². The minimum atomic E-state index is 0.795. The van der Waals surface area contributed by atoms with Gasteiger partial charge in [-0.15, -0.1) is 0 Å². The Morgan fingerprint density at radius 1 is 0.947 bits per heavy atom. The van der Waals surface area contributed by atoms with Crippen molar-refractivity contribution < 1.29 is 0 Å². The SMILES string of the molecule is c1ccc(Cc2nc3n(n2)Cc2ccccc2-3)cc1. The van der Waals surface area contributed by atoms with Crippen LogP contribution in [-0.4, -0.2) is 14.8 Å². The van der Waals surface area contributed by atoms with E-state index in [1.54, 1.807) is 0 Å². The zero-order valence-corrected chi connectivity index (χ0v) is 10.5. The molecule has 0 radical (unpaired) electrons. The number of hydrogen-bond donors (Lipinski definition) is 0. The van der Waals surface area contributed by atoms with Gasteiger partial charge in [-0.3, -0.25) is 0 Å². The van der Waals surface area contributed by atoms with Gasteiger partial charge >= 0.3 is 0 Å². The predicted octanol–water partition coefficient (Wildman–Crippen LogP) is 2.90. The highest BCUT2D eigenvalue weighted by atomic mass is 15.4. The van der Waals surface area contributed by atoms with Gasteiger partial charge in [-0.25, -0.2) is 9.67 Å². The van der Waals surface area contributed by atoms with Gasteiger partial charge in [-0.1, -0.05) is 54.6 Å². The van der Waals surface area contributed by atoms with Crippen molar-refractivity contribution in [2.24, 2.45) is 0 Å². The van der Waals surface area contributed by atoms with Crippen LogP contribution in [0.25, 0.3) is 11.4 Å². The molecule has 3 nitrogen and oxygen atoms in total. The molecule has 0 saturated heterocycles. The molecule has 0 spiro atoms. The molecule has 19 heavy (non-hydrogen) atoms. The highest BCUT2D eigenvalue weighted by Crippen LogP contribution is 2.29. The van der Waals surface area contributed by atoms with E-state index in [-0.39, 0.29) is 0 Å². The highest BCUT2D eigenvalue weighted by Gasteiger charge is 2.21. The lowest BCUT2D eigenvalue weighted by Crippen LogP contribution is -1.97. The summed E-state index contributed by atoms with van der Waals surface area (Å²) in [5.41, 5.74) is 3.78. The summed E-state index contributed by atoms with van der Waals surface area (Å²) in [4.78, 5) is 4.68. The lowest BCUT2D eigenvalue weighted by molar-refractivity contribution is 0.705. The molecule has 92 valence electrons. The molecule has 1 aromatic heterocycles. The summed E-state index contributed by atoms with van der Waals surface area (Å²) in [5, 5.41) is 4.61. The maximum atomic E-state index is 4.68. The lowest BCUT2D eigenvalue weighted by Gasteiger charge is -1.98. The van der Waals surface area contributed by atoms with E-state index in [1.165, 1.54) is 16.7 Å². The van der Waals surface area contributed by atoms with Crippen LogP contribution in [0.5, 0.6) is 0 Å². The molecule has 3 heteroatoms. The molecule has 0 N–H and O–H groups in total. The van der Waals surface area contributed by atoms with Crippen molar-refractivity contribution >= 4 is 0 Å². The molecule has 0 amide bonds. The van der Waals surface area contributed by atoms with Crippen LogP contribution in [0.3, 0.4) is 0 Å². The van der Waals surface area contributed by atoms with E-state index in [2.05, 4.69) is 58.6 Å². The maximum Gasteiger partial charge on any atom is 0.159 e. The molecule has 0 bridgehead atoms. The van der Waals surface area contributed by atoms with Gasteiger partial charge in [0, 0.05) is 12.0 Å². The van der Waals surface area contributed by atoms with E-state index < -0.39 is 0 Å². The van der Waals surface area contributed by atoms with Gasteiger partial charge < -0.3 is 0 Å². The second kappa shape index (κ2) is 4.05. The van der Waals surface area contributed by atoms with Crippen LogP contribution in [0, 0.1) is 0 Å². The fourth-order valence-electron chi connectivity index (χ4n) is 2.59. The first kappa shape index (κ1) is 10.5. The summed E-state index contributed by atoms with van der Waals surface area (Å²) in [7, 11) is 0. The van der Waals surface area contributed by atoms with Crippen LogP contribution in [-0.2, 0) is 13.0 Å². The first-order chi connectivity index (χ1) is 9.40. The Kier molecular flexibility index (Phi) is 2.24. The van der Waals surface area contributed by atoms with Gasteiger partial charge in [-0.05, 0) is 11.1 Å². The number of rotatable bonds is 2. The Balaban J connectivity index is 1.69. The first-order valence-corrected chi connectivity index (χ1v) is 6.46. The second-order valence-electron chi connectivity index (χ2n) is 4.83. The van der Waals surface area contributed by atoms with E-state index in [0.717, 1.165) is 24.6 Å². The Morgan fingerprint density at radius 3 is 2.63 bits per heavy atom. The Hall–Kier alpha value is -2.42. The van der Waals surface area contributed by atoms with Crippen LogP contribution in [0.1, 0.15) is 17.0 Å². The second-order valence-corrected chi connectivity index (χ2v) is 4.83. The summed E-state index contributed by atoms with van der Waals surface area (Å²) in [6, 6.07) is 18.7. The highest BCUT2D eigenvalue weighted by molar-refractivity contribution is 5.64. The Labute approximate surface area is 111 Å². The van der Waals surface area contributed by atoms with Crippen molar-refractivity contribution in [1.82, 2.24) is 14.8 Å². The maximum absolute atomic E-state index is 4.68. The zero-order valence-electron chi connectivity index (χ0n) is 10.5. The largest absolute Gasteiger partial charge is 0.241 e. The molecule has 0 saturated carbocycles. The summed E-state index contributed by atoms with van der Waals surface area (Å²) in [6.07, 6.45) is 0.795. The minimum absolute atomic E-state index is 0.795. The third-order valence-corrected chi connectivity index (χ3v) is 3.50. The molecule has 1 aliphatic rings. The quantitative estimate of drug-likeness (QED) is 0.545. The monoisotopic (exact) mass is 247 g/mol. The average Bonchev–Trinajstić information content (AvgIpc) is 2.97. The number of benzene rings is 2. The fraction of sp³-hybridized carbons (Fsp3) is 0.125. The summed E-state index contributed by atoms with van der Waals surface area (Å²) < 4.78 is 2.00. The molecule has 4 rings (SSSR count). The predicted molar refractivity (Wildman–Crippen MR) is 73.8 cm³/mol. The van der Waals surface area contributed by atoms with E-state index >= 15 is 0 Å². The van der Waals surface area contributed by atoms with E-state index in [4.69, 9.17) is 0 Å². The molecule has 0 atom stereocenters. The van der Waals surface area contributed by atoms with Gasteiger partial charge in [0.1, 0.15) is 0 Å². The van der Waals surface area contributed by atoms with Crippen LogP contribution in [0.15, 0.2) is 54.6 Å². The first-order valence-electron chi connectivity index (χ1n) is 6.46. The smallest absolute Gasteiger partial charge is 0.159 e. The van der Waals surface area contributed by atoms with Gasteiger partial charge in [0.05, 0.1) is 6.54 Å². The standard InChI is InChI=1S/C16H13N3/c1-2-6-12(7-3-1)10-15-17-16-14-9-5-4-8-13(14)11-19(16)18-15/h1-9H,10-11H2. The summed E-state index contributed by atoms with van der Waals surface area (Å²) in [5.74, 6) is 1.90. The van der Waals surface area contributed by atoms with Gasteiger partial charge in [0.25, 0.3) is 0 Å². The summed E-state index contributed by atoms with van der Waals surface area (Å²) in [6.45, 7) is 0.841. The molecule has 2 heterocycles. The third kappa shape index (κ3) is 1.74. The van der Waals surface area contributed by atoms with E-state index in [1.807, 2.05) is 10.7 Å². The molecule has 0 aliphatic carbocycles. The van der Waals surface area contributed by atoms with Crippen LogP contribution < -0.4 is 0 Å².